The van der Waals surface area contributed by atoms with E-state index in [1.165, 1.54) is 28.2 Å². The van der Waals surface area contributed by atoms with Gasteiger partial charge in [-0.3, -0.25) is 9.17 Å². The summed E-state index contributed by atoms with van der Waals surface area (Å²) < 4.78 is 14.5. The Labute approximate surface area is 179 Å². The smallest absolute Gasteiger partial charge is 0.258 e. The summed E-state index contributed by atoms with van der Waals surface area (Å²) in [7, 11) is 1.70. The van der Waals surface area contributed by atoms with Crippen molar-refractivity contribution in [2.45, 2.75) is 20.5 Å². The number of aromatic amines is 1. The van der Waals surface area contributed by atoms with Crippen molar-refractivity contribution in [3.63, 3.8) is 0 Å². The van der Waals surface area contributed by atoms with Crippen molar-refractivity contribution in [3.8, 4) is 33.1 Å². The Bertz CT molecular complexity index is 1200. The van der Waals surface area contributed by atoms with Crippen LogP contribution in [0.25, 0.3) is 21.6 Å². The van der Waals surface area contributed by atoms with Crippen LogP contribution in [0.5, 0.6) is 11.5 Å². The molecule has 0 aliphatic carbocycles. The highest BCUT2D eigenvalue weighted by Gasteiger charge is 2.15. The maximum atomic E-state index is 11.3. The first-order chi connectivity index (χ1) is 14.6. The molecule has 0 spiro atoms. The number of hydrogen-bond donors (Lipinski definition) is 1. The summed E-state index contributed by atoms with van der Waals surface area (Å²) in [6.45, 7) is 4.64. The largest absolute Gasteiger partial charge is 0.496 e. The Kier molecular flexibility index (Phi) is 5.72. The van der Waals surface area contributed by atoms with Gasteiger partial charge in [-0.25, -0.2) is 0 Å². The minimum atomic E-state index is -0.0776. The first kappa shape index (κ1) is 20.0. The van der Waals surface area contributed by atoms with E-state index in [9.17, 15) is 4.79 Å². The van der Waals surface area contributed by atoms with Gasteiger partial charge in [0, 0.05) is 17.2 Å². The quantitative estimate of drug-likeness (QED) is 0.420. The van der Waals surface area contributed by atoms with Gasteiger partial charge in [0.25, 0.3) is 5.56 Å². The van der Waals surface area contributed by atoms with Gasteiger partial charge in [0.15, 0.2) is 0 Å². The highest BCUT2D eigenvalue weighted by atomic mass is 32.1. The number of hydrogen-bond acceptors (Lipinski definition) is 4. The molecule has 0 saturated heterocycles. The molecule has 0 unspecified atom stereocenters. The number of para-hydroxylation sites is 1. The molecule has 5 heteroatoms. The second kappa shape index (κ2) is 8.59. The van der Waals surface area contributed by atoms with Crippen LogP contribution in [0.1, 0.15) is 16.7 Å². The fourth-order valence-corrected chi connectivity index (χ4v) is 4.37. The van der Waals surface area contributed by atoms with E-state index >= 15 is 0 Å². The van der Waals surface area contributed by atoms with Gasteiger partial charge in [-0.2, -0.15) is 0 Å². The fraction of sp³-hybridized carbons (Fsp3) is 0.160. The Morgan fingerprint density at radius 2 is 1.63 bits per heavy atom. The highest BCUT2D eigenvalue weighted by molar-refractivity contribution is 7.09. The monoisotopic (exact) mass is 417 g/mol. The minimum absolute atomic E-state index is 0.0776. The summed E-state index contributed by atoms with van der Waals surface area (Å²) in [6.07, 6.45) is 0. The summed E-state index contributed by atoms with van der Waals surface area (Å²) in [5.74, 6) is 1.60. The topological polar surface area (TPSA) is 51.3 Å². The number of H-pyrrole nitrogens is 1. The zero-order valence-electron chi connectivity index (χ0n) is 17.2. The summed E-state index contributed by atoms with van der Waals surface area (Å²) in [5, 5.41) is 0. The molecule has 4 aromatic rings. The molecule has 0 fully saturated rings. The molecule has 1 heterocycles. The summed E-state index contributed by atoms with van der Waals surface area (Å²) in [6, 6.07) is 21.8. The Morgan fingerprint density at radius 3 is 2.27 bits per heavy atom. The number of benzene rings is 3. The molecule has 0 atom stereocenters. The molecule has 0 amide bonds. The van der Waals surface area contributed by atoms with Crippen LogP contribution in [0.3, 0.4) is 0 Å². The number of methoxy groups -OCH3 is 1. The van der Waals surface area contributed by atoms with E-state index in [0.717, 1.165) is 33.1 Å². The predicted octanol–water partition coefficient (Wildman–Crippen LogP) is 5.97. The lowest BCUT2D eigenvalue weighted by molar-refractivity contribution is 0.297. The lowest BCUT2D eigenvalue weighted by Gasteiger charge is -2.17. The van der Waals surface area contributed by atoms with Gasteiger partial charge in [0.2, 0.25) is 0 Å². The molecule has 4 rings (SSSR count). The summed E-state index contributed by atoms with van der Waals surface area (Å²) in [5.41, 5.74) is 6.61. The van der Waals surface area contributed by atoms with Crippen molar-refractivity contribution in [1.82, 2.24) is 4.37 Å². The summed E-state index contributed by atoms with van der Waals surface area (Å²) in [4.78, 5) is 12.3. The molecule has 1 aromatic heterocycles. The van der Waals surface area contributed by atoms with Gasteiger partial charge in [-0.05, 0) is 60.4 Å². The van der Waals surface area contributed by atoms with Gasteiger partial charge in [-0.15, -0.1) is 0 Å². The lowest BCUT2D eigenvalue weighted by atomic mass is 9.93. The number of ether oxygens (including phenoxy) is 2. The average Bonchev–Trinajstić information content (AvgIpc) is 3.19. The van der Waals surface area contributed by atoms with Crippen LogP contribution in [0.2, 0.25) is 0 Å². The standard InChI is InChI=1S/C25H23NO3S/c1-16-6-4-7-17(2)24(16)21-9-5-8-19(25(21)28-3)15-29-20-12-10-18(11-13-20)22-14-23(27)26-30-22/h4-14H,15H2,1-3H3,(H,26,27). The zero-order chi connectivity index (χ0) is 21.1. The molecular weight excluding hydrogens is 394 g/mol. The molecule has 1 N–H and O–H groups in total. The molecule has 0 bridgehead atoms. The average molecular weight is 418 g/mol. The van der Waals surface area contributed by atoms with Gasteiger partial charge < -0.3 is 9.47 Å². The van der Waals surface area contributed by atoms with Crippen molar-refractivity contribution in [1.29, 1.82) is 0 Å². The first-order valence-electron chi connectivity index (χ1n) is 9.71. The van der Waals surface area contributed by atoms with E-state index in [0.29, 0.717) is 6.61 Å². The third-order valence-electron chi connectivity index (χ3n) is 5.11. The van der Waals surface area contributed by atoms with Crippen molar-refractivity contribution < 1.29 is 9.47 Å². The zero-order valence-corrected chi connectivity index (χ0v) is 18.0. The molecule has 0 radical (unpaired) electrons. The SMILES string of the molecule is COc1c(COc2ccc(-c3cc(=O)[nH]s3)cc2)cccc1-c1c(C)cccc1C. The van der Waals surface area contributed by atoms with Gasteiger partial charge in [0.1, 0.15) is 18.1 Å². The van der Waals surface area contributed by atoms with Crippen LogP contribution >= 0.6 is 11.5 Å². The van der Waals surface area contributed by atoms with Crippen molar-refractivity contribution in [2.75, 3.05) is 7.11 Å². The lowest BCUT2D eigenvalue weighted by Crippen LogP contribution is -2.01. The van der Waals surface area contributed by atoms with Gasteiger partial charge in [0.05, 0.1) is 12.0 Å². The maximum absolute atomic E-state index is 11.3. The van der Waals surface area contributed by atoms with Crippen LogP contribution in [0.15, 0.2) is 71.5 Å². The number of aryl methyl sites for hydroxylation is 2. The second-order valence-electron chi connectivity index (χ2n) is 7.15. The van der Waals surface area contributed by atoms with Crippen LogP contribution in [0, 0.1) is 13.8 Å². The van der Waals surface area contributed by atoms with E-state index in [-0.39, 0.29) is 5.56 Å². The van der Waals surface area contributed by atoms with Crippen LogP contribution < -0.4 is 15.0 Å². The third-order valence-corrected chi connectivity index (χ3v) is 5.98. The second-order valence-corrected chi connectivity index (χ2v) is 8.00. The van der Waals surface area contributed by atoms with Crippen LogP contribution in [-0.4, -0.2) is 11.5 Å². The molecular formula is C25H23NO3S. The molecule has 0 aliphatic rings. The number of nitrogens with one attached hydrogen (secondary N) is 1. The Morgan fingerprint density at radius 1 is 0.933 bits per heavy atom. The van der Waals surface area contributed by atoms with E-state index < -0.39 is 0 Å². The third kappa shape index (κ3) is 4.02. The molecule has 30 heavy (non-hydrogen) atoms. The normalized spacial score (nSPS) is 10.8. The first-order valence-corrected chi connectivity index (χ1v) is 10.5. The van der Waals surface area contributed by atoms with Crippen molar-refractivity contribution >= 4 is 11.5 Å². The molecule has 0 saturated carbocycles. The van der Waals surface area contributed by atoms with Gasteiger partial charge >= 0.3 is 0 Å². The molecule has 152 valence electrons. The predicted molar refractivity (Wildman–Crippen MR) is 123 cm³/mol. The molecule has 4 nitrogen and oxygen atoms in total. The van der Waals surface area contributed by atoms with Crippen molar-refractivity contribution in [3.05, 3.63) is 93.8 Å². The fourth-order valence-electron chi connectivity index (χ4n) is 3.68. The van der Waals surface area contributed by atoms with E-state index in [1.807, 2.05) is 36.4 Å². The summed E-state index contributed by atoms with van der Waals surface area (Å²) >= 11 is 1.33. The number of aromatic nitrogens is 1. The highest BCUT2D eigenvalue weighted by Crippen LogP contribution is 2.37. The minimum Gasteiger partial charge on any atom is -0.496 e. The van der Waals surface area contributed by atoms with E-state index in [4.69, 9.17) is 9.47 Å². The number of rotatable bonds is 6. The Balaban J connectivity index is 1.57. The Hall–Kier alpha value is -3.31. The maximum Gasteiger partial charge on any atom is 0.258 e. The van der Waals surface area contributed by atoms with Crippen molar-refractivity contribution in [2.24, 2.45) is 0 Å². The van der Waals surface area contributed by atoms with Crippen LogP contribution in [0.4, 0.5) is 0 Å². The van der Waals surface area contributed by atoms with E-state index in [2.05, 4.69) is 42.5 Å². The molecule has 3 aromatic carbocycles. The van der Waals surface area contributed by atoms with Gasteiger partial charge in [-0.1, -0.05) is 47.9 Å². The molecule has 0 aliphatic heterocycles. The van der Waals surface area contributed by atoms with E-state index in [1.54, 1.807) is 13.2 Å². The van der Waals surface area contributed by atoms with Crippen LogP contribution in [-0.2, 0) is 6.61 Å².